The van der Waals surface area contributed by atoms with Gasteiger partial charge < -0.3 is 0 Å². The molecule has 0 fully saturated rings. The van der Waals surface area contributed by atoms with Crippen LogP contribution in [0.2, 0.25) is 33.2 Å². The molecular formula is C44H54O2Si2. The van der Waals surface area contributed by atoms with E-state index in [9.17, 15) is 0 Å². The van der Waals surface area contributed by atoms with Crippen LogP contribution in [-0.2, 0) is 9.78 Å². The van der Waals surface area contributed by atoms with E-state index in [0.29, 0.717) is 33.2 Å². The number of benzene rings is 4. The first-order valence-electron chi connectivity index (χ1n) is 18.2. The zero-order valence-corrected chi connectivity index (χ0v) is 33.2. The maximum absolute atomic E-state index is 6.06. The van der Waals surface area contributed by atoms with Gasteiger partial charge in [0.25, 0.3) is 0 Å². The van der Waals surface area contributed by atoms with Gasteiger partial charge in [0.1, 0.15) is 28.4 Å². The van der Waals surface area contributed by atoms with Crippen molar-refractivity contribution in [3.05, 3.63) is 94.0 Å². The lowest BCUT2D eigenvalue weighted by Crippen LogP contribution is -2.43. The molecule has 1 aliphatic carbocycles. The first-order valence-corrected chi connectivity index (χ1v) is 22.7. The molecule has 2 bridgehead atoms. The Kier molecular flexibility index (Phi) is 9.38. The van der Waals surface area contributed by atoms with Crippen molar-refractivity contribution in [2.24, 2.45) is 0 Å². The van der Waals surface area contributed by atoms with E-state index in [1.807, 2.05) is 0 Å². The van der Waals surface area contributed by atoms with Crippen LogP contribution in [0.15, 0.2) is 60.7 Å². The largest absolute Gasteiger partial charge is 0.223 e. The summed E-state index contributed by atoms with van der Waals surface area (Å²) in [5.41, 5.74) is 18.5. The van der Waals surface area contributed by atoms with Crippen molar-refractivity contribution in [2.45, 2.75) is 129 Å². The van der Waals surface area contributed by atoms with Crippen LogP contribution in [0.4, 0.5) is 0 Å². The highest BCUT2D eigenvalue weighted by Crippen LogP contribution is 2.52. The molecule has 0 saturated heterocycles. The summed E-state index contributed by atoms with van der Waals surface area (Å²) in [5.74, 6) is 7.32. The van der Waals surface area contributed by atoms with Crippen LogP contribution in [0, 0.1) is 22.9 Å². The third-order valence-corrected chi connectivity index (χ3v) is 24.6. The van der Waals surface area contributed by atoms with Crippen LogP contribution >= 0.6 is 0 Å². The van der Waals surface area contributed by atoms with Gasteiger partial charge in [-0.15, -0.1) is 11.1 Å². The molecule has 4 aromatic rings. The zero-order chi connectivity index (χ0) is 34.7. The van der Waals surface area contributed by atoms with Gasteiger partial charge in [0.15, 0.2) is 0 Å². The summed E-state index contributed by atoms with van der Waals surface area (Å²) in [6, 6.07) is 22.6. The van der Waals surface area contributed by atoms with Crippen LogP contribution in [0.3, 0.4) is 0 Å². The minimum atomic E-state index is -1.81. The zero-order valence-electron chi connectivity index (χ0n) is 31.2. The molecule has 0 radical (unpaired) electrons. The van der Waals surface area contributed by atoms with Gasteiger partial charge in [0, 0.05) is 11.1 Å². The smallest absolute Gasteiger partial charge is 0.146 e. The van der Waals surface area contributed by atoms with E-state index in [1.54, 1.807) is 0 Å². The third kappa shape index (κ3) is 5.60. The Balaban J connectivity index is 1.37. The molecule has 2 nitrogen and oxygen atoms in total. The molecule has 2 heterocycles. The van der Waals surface area contributed by atoms with Gasteiger partial charge in [-0.05, 0) is 126 Å². The van der Waals surface area contributed by atoms with E-state index < -0.39 is 16.1 Å². The maximum atomic E-state index is 6.06. The fourth-order valence-corrected chi connectivity index (χ4v) is 20.1. The minimum absolute atomic E-state index is 0.249. The quantitative estimate of drug-likeness (QED) is 0.115. The number of hydrogen-bond acceptors (Lipinski definition) is 2. The van der Waals surface area contributed by atoms with E-state index >= 15 is 0 Å². The summed E-state index contributed by atoms with van der Waals surface area (Å²) in [6.45, 7) is 28.5. The van der Waals surface area contributed by atoms with Gasteiger partial charge in [-0.25, -0.2) is 9.78 Å². The van der Waals surface area contributed by atoms with Gasteiger partial charge in [0.05, 0.1) is 0 Å². The molecule has 250 valence electrons. The summed E-state index contributed by atoms with van der Waals surface area (Å²) >= 11 is 0. The lowest BCUT2D eigenvalue weighted by Gasteiger charge is -2.39. The average molecular weight is 671 g/mol. The molecule has 4 heteroatoms. The Morgan fingerprint density at radius 3 is 1.00 bits per heavy atom. The Bertz CT molecular complexity index is 1800. The Hall–Kier alpha value is -3.13. The predicted molar refractivity (Wildman–Crippen MR) is 210 cm³/mol. The second kappa shape index (κ2) is 13.0. The number of hydrogen-bond donors (Lipinski definition) is 0. The van der Waals surface area contributed by atoms with Crippen molar-refractivity contribution in [3.63, 3.8) is 0 Å². The van der Waals surface area contributed by atoms with E-state index in [-0.39, 0.29) is 12.2 Å². The van der Waals surface area contributed by atoms with Crippen LogP contribution in [-0.4, -0.2) is 16.1 Å². The van der Waals surface area contributed by atoms with Crippen LogP contribution in [0.25, 0.3) is 21.5 Å². The van der Waals surface area contributed by atoms with E-state index in [4.69, 9.17) is 9.78 Å². The number of rotatable bonds is 6. The molecule has 0 N–H and O–H groups in total. The van der Waals surface area contributed by atoms with Crippen LogP contribution < -0.4 is 0 Å². The summed E-state index contributed by atoms with van der Waals surface area (Å²) in [7, 11) is -3.62. The second-order valence-electron chi connectivity index (χ2n) is 16.3. The first kappa shape index (κ1) is 34.7. The summed E-state index contributed by atoms with van der Waals surface area (Å²) in [6.07, 6.45) is -0.499. The topological polar surface area (TPSA) is 18.5 Å². The minimum Gasteiger partial charge on any atom is -0.223 e. The summed E-state index contributed by atoms with van der Waals surface area (Å²) in [4.78, 5) is 12.1. The normalized spacial score (nSPS) is 17.4. The molecule has 7 rings (SSSR count). The molecule has 3 aliphatic rings. The SMILES string of the molecule is CC(C)[Si](C#Cc1ccc2cc3c(cc2c1)C1OO[C@@H]3c2cc3cc(C#C[Si](C(C)C)(C(C)C)C(C)C)ccc3cc21)(C(C)C)C(C)C. The lowest BCUT2D eigenvalue weighted by molar-refractivity contribution is -0.360. The molecular weight excluding hydrogens is 617 g/mol. The van der Waals surface area contributed by atoms with Gasteiger partial charge in [0.2, 0.25) is 0 Å². The van der Waals surface area contributed by atoms with E-state index in [2.05, 4.69) is 167 Å². The van der Waals surface area contributed by atoms with Gasteiger partial charge in [-0.2, -0.15) is 0 Å². The number of fused-ring (bicyclic) bond motifs is 3. The maximum Gasteiger partial charge on any atom is 0.146 e. The van der Waals surface area contributed by atoms with Crippen molar-refractivity contribution in [1.82, 2.24) is 0 Å². The highest BCUT2D eigenvalue weighted by atomic mass is 28.3. The molecule has 0 aromatic heterocycles. The molecule has 48 heavy (non-hydrogen) atoms. The molecule has 0 amide bonds. The standard InChI is InChI=1S/C44H54O2Si2/c1-27(2)47(28(3)4,29(5)6)19-17-33-13-15-35-23-39-41(25-37(35)21-33)43-40-24-36-16-14-34(22-38(36)26-42(40)44(39)46-45-43)18-20-48(30(7)8,31(9)10)32(11)12/h13-16,21-32,43-44H,1-12H3/t43-,44?/m0/s1. The fourth-order valence-electron chi connectivity index (χ4n) is 9.61. The van der Waals surface area contributed by atoms with Crippen LogP contribution in [0.5, 0.6) is 0 Å². The molecule has 2 atom stereocenters. The van der Waals surface area contributed by atoms with E-state index in [0.717, 1.165) is 11.1 Å². The first-order chi connectivity index (χ1) is 22.7. The molecule has 4 aromatic carbocycles. The third-order valence-electron chi connectivity index (χ3n) is 12.0. The van der Waals surface area contributed by atoms with Gasteiger partial charge >= 0.3 is 0 Å². The predicted octanol–water partition coefficient (Wildman–Crippen LogP) is 12.6. The van der Waals surface area contributed by atoms with Gasteiger partial charge in [-0.3, -0.25) is 0 Å². The monoisotopic (exact) mass is 670 g/mol. The Morgan fingerprint density at radius 2 is 0.708 bits per heavy atom. The average Bonchev–Trinajstić information content (AvgIpc) is 3.02. The highest BCUT2D eigenvalue weighted by molar-refractivity contribution is 6.91. The molecule has 0 saturated carbocycles. The molecule has 0 spiro atoms. The van der Waals surface area contributed by atoms with Crippen LogP contribution in [0.1, 0.15) is 129 Å². The fraction of sp³-hybridized carbons (Fsp3) is 0.455. The Labute approximate surface area is 292 Å². The van der Waals surface area contributed by atoms with Crippen molar-refractivity contribution < 1.29 is 9.78 Å². The highest BCUT2D eigenvalue weighted by Gasteiger charge is 2.43. The van der Waals surface area contributed by atoms with Crippen molar-refractivity contribution in [1.29, 1.82) is 0 Å². The molecule has 1 unspecified atom stereocenters. The van der Waals surface area contributed by atoms with Crippen molar-refractivity contribution >= 4 is 37.7 Å². The van der Waals surface area contributed by atoms with Crippen molar-refractivity contribution in [2.75, 3.05) is 0 Å². The lowest BCUT2D eigenvalue weighted by atomic mass is 9.79. The van der Waals surface area contributed by atoms with E-state index in [1.165, 1.54) is 43.8 Å². The second-order valence-corrected chi connectivity index (χ2v) is 27.5. The van der Waals surface area contributed by atoms with Gasteiger partial charge in [-0.1, -0.05) is 107 Å². The molecule has 2 aliphatic heterocycles. The Morgan fingerprint density at radius 1 is 0.417 bits per heavy atom. The van der Waals surface area contributed by atoms with Crippen molar-refractivity contribution in [3.8, 4) is 22.9 Å². The summed E-state index contributed by atoms with van der Waals surface area (Å²) < 4.78 is 0. The summed E-state index contributed by atoms with van der Waals surface area (Å²) in [5, 5.41) is 4.83.